The molecular formula is C18H32N4O3. The lowest BCUT2D eigenvalue weighted by molar-refractivity contribution is -0.385. The second-order valence-electron chi connectivity index (χ2n) is 6.52. The Kier molecular flexibility index (Phi) is 9.80. The molecule has 0 bridgehead atoms. The molecule has 0 spiro atoms. The third-order valence-electron chi connectivity index (χ3n) is 4.47. The molecule has 0 aliphatic carbocycles. The van der Waals surface area contributed by atoms with Crippen LogP contribution in [0.5, 0.6) is 0 Å². The first-order chi connectivity index (χ1) is 12.0. The number of unbranched alkanes of at least 4 members (excludes halogenated alkanes) is 9. The average molecular weight is 352 g/mol. The van der Waals surface area contributed by atoms with E-state index in [9.17, 15) is 14.9 Å². The molecule has 0 radical (unpaired) electrons. The number of nitrogens with zero attached hydrogens (tertiary/aromatic N) is 3. The number of hydrogen-bond donors (Lipinski definition) is 1. The number of carbonyl (C=O) groups excluding carboxylic acids is 1. The summed E-state index contributed by atoms with van der Waals surface area (Å²) in [4.78, 5) is 22.3. The summed E-state index contributed by atoms with van der Waals surface area (Å²) in [5.74, 6) is -0.786. The van der Waals surface area contributed by atoms with E-state index in [4.69, 9.17) is 5.73 Å². The Balaban J connectivity index is 2.40. The van der Waals surface area contributed by atoms with E-state index in [0.717, 1.165) is 19.3 Å². The molecule has 1 aromatic heterocycles. The van der Waals surface area contributed by atoms with Gasteiger partial charge in [0.1, 0.15) is 5.69 Å². The zero-order chi connectivity index (χ0) is 18.7. The van der Waals surface area contributed by atoms with Crippen LogP contribution in [0.2, 0.25) is 0 Å². The molecule has 2 N–H and O–H groups in total. The highest BCUT2D eigenvalue weighted by Gasteiger charge is 2.29. The fourth-order valence-electron chi connectivity index (χ4n) is 3.09. The van der Waals surface area contributed by atoms with E-state index >= 15 is 0 Å². The van der Waals surface area contributed by atoms with Gasteiger partial charge in [0, 0.05) is 6.54 Å². The second-order valence-corrected chi connectivity index (χ2v) is 6.52. The van der Waals surface area contributed by atoms with E-state index in [1.165, 1.54) is 49.6 Å². The summed E-state index contributed by atoms with van der Waals surface area (Å²) in [6, 6.07) is 0. The van der Waals surface area contributed by atoms with Crippen LogP contribution in [0.25, 0.3) is 0 Å². The molecule has 142 valence electrons. The first-order valence-electron chi connectivity index (χ1n) is 9.56. The van der Waals surface area contributed by atoms with Crippen molar-refractivity contribution in [2.45, 2.75) is 91.0 Å². The molecular weight excluding hydrogens is 320 g/mol. The van der Waals surface area contributed by atoms with Gasteiger partial charge in [-0.15, -0.1) is 0 Å². The standard InChI is InChI=1S/C18H32N4O3/c1-3-5-6-7-8-9-10-11-12-13-14-21-17(18(19)23)16(22(24)25)15(4-2)20-21/h3-14H2,1-2H3,(H2,19,23). The number of nitrogens with two attached hydrogens (primary N) is 1. The van der Waals surface area contributed by atoms with Gasteiger partial charge in [-0.1, -0.05) is 71.6 Å². The van der Waals surface area contributed by atoms with Crippen LogP contribution in [0.4, 0.5) is 5.69 Å². The van der Waals surface area contributed by atoms with Crippen molar-refractivity contribution in [1.29, 1.82) is 0 Å². The minimum absolute atomic E-state index is 0.0715. The van der Waals surface area contributed by atoms with Gasteiger partial charge in [-0.2, -0.15) is 5.10 Å². The van der Waals surface area contributed by atoms with Crippen molar-refractivity contribution in [2.75, 3.05) is 0 Å². The van der Waals surface area contributed by atoms with E-state index in [0.29, 0.717) is 18.7 Å². The molecule has 0 aliphatic rings. The smallest absolute Gasteiger partial charge is 0.323 e. The zero-order valence-electron chi connectivity index (χ0n) is 15.6. The average Bonchev–Trinajstić information content (AvgIpc) is 2.95. The number of primary amides is 1. The summed E-state index contributed by atoms with van der Waals surface area (Å²) in [7, 11) is 0. The fraction of sp³-hybridized carbons (Fsp3) is 0.778. The zero-order valence-corrected chi connectivity index (χ0v) is 15.6. The van der Waals surface area contributed by atoms with Crippen molar-refractivity contribution in [3.8, 4) is 0 Å². The van der Waals surface area contributed by atoms with Gasteiger partial charge in [-0.3, -0.25) is 19.6 Å². The summed E-state index contributed by atoms with van der Waals surface area (Å²) in [5, 5.41) is 15.4. The van der Waals surface area contributed by atoms with E-state index in [1.807, 2.05) is 0 Å². The number of hydrogen-bond acceptors (Lipinski definition) is 4. The van der Waals surface area contributed by atoms with Gasteiger partial charge in [-0.25, -0.2) is 0 Å². The molecule has 1 aromatic rings. The van der Waals surface area contributed by atoms with Crippen LogP contribution >= 0.6 is 0 Å². The summed E-state index contributed by atoms with van der Waals surface area (Å²) < 4.78 is 1.42. The van der Waals surface area contributed by atoms with Gasteiger partial charge >= 0.3 is 5.69 Å². The molecule has 0 saturated carbocycles. The van der Waals surface area contributed by atoms with Crippen LogP contribution < -0.4 is 5.73 Å². The lowest BCUT2D eigenvalue weighted by atomic mass is 10.1. The van der Waals surface area contributed by atoms with Crippen LogP contribution in [0, 0.1) is 10.1 Å². The van der Waals surface area contributed by atoms with Gasteiger partial charge in [0.15, 0.2) is 0 Å². The number of carbonyl (C=O) groups is 1. The molecule has 0 fully saturated rings. The fourth-order valence-corrected chi connectivity index (χ4v) is 3.09. The summed E-state index contributed by atoms with van der Waals surface area (Å²) in [6.45, 7) is 4.50. The number of aryl methyl sites for hydroxylation is 2. The van der Waals surface area contributed by atoms with E-state index in [2.05, 4.69) is 12.0 Å². The molecule has 7 heteroatoms. The van der Waals surface area contributed by atoms with Crippen molar-refractivity contribution in [1.82, 2.24) is 9.78 Å². The Hall–Kier alpha value is -1.92. The minimum atomic E-state index is -0.786. The Morgan fingerprint density at radius 2 is 1.56 bits per heavy atom. The number of nitro groups is 1. The molecule has 0 atom stereocenters. The predicted octanol–water partition coefficient (Wildman–Crippen LogP) is 4.37. The molecule has 0 aliphatic heterocycles. The van der Waals surface area contributed by atoms with Gasteiger partial charge in [0.25, 0.3) is 5.91 Å². The van der Waals surface area contributed by atoms with Crippen LogP contribution in [-0.4, -0.2) is 20.6 Å². The first kappa shape index (κ1) is 21.1. The van der Waals surface area contributed by atoms with Gasteiger partial charge in [-0.05, 0) is 12.8 Å². The van der Waals surface area contributed by atoms with Gasteiger partial charge < -0.3 is 5.73 Å². The number of rotatable bonds is 14. The SMILES string of the molecule is CCCCCCCCCCCCn1nc(CC)c([N+](=O)[O-])c1C(N)=O. The topological polar surface area (TPSA) is 104 Å². The van der Waals surface area contributed by atoms with Crippen molar-refractivity contribution < 1.29 is 9.72 Å². The lowest BCUT2D eigenvalue weighted by Crippen LogP contribution is -2.19. The van der Waals surface area contributed by atoms with Crippen molar-refractivity contribution >= 4 is 11.6 Å². The van der Waals surface area contributed by atoms with Crippen LogP contribution in [-0.2, 0) is 13.0 Å². The number of aromatic nitrogens is 2. The van der Waals surface area contributed by atoms with Crippen LogP contribution in [0.1, 0.15) is 94.2 Å². The van der Waals surface area contributed by atoms with Crippen molar-refractivity contribution in [3.05, 3.63) is 21.5 Å². The minimum Gasteiger partial charge on any atom is -0.364 e. The van der Waals surface area contributed by atoms with E-state index in [-0.39, 0.29) is 11.4 Å². The molecule has 0 saturated heterocycles. The maximum atomic E-state index is 11.6. The Labute approximate surface area is 150 Å². The predicted molar refractivity (Wildman–Crippen MR) is 98.6 cm³/mol. The van der Waals surface area contributed by atoms with Gasteiger partial charge in [0.2, 0.25) is 5.69 Å². The molecule has 1 heterocycles. The number of amides is 1. The first-order valence-corrected chi connectivity index (χ1v) is 9.56. The third-order valence-corrected chi connectivity index (χ3v) is 4.47. The molecule has 1 amide bonds. The normalized spacial score (nSPS) is 11.0. The largest absolute Gasteiger partial charge is 0.364 e. The molecule has 25 heavy (non-hydrogen) atoms. The van der Waals surface area contributed by atoms with Gasteiger partial charge in [0.05, 0.1) is 4.92 Å². The summed E-state index contributed by atoms with van der Waals surface area (Å²) in [5.41, 5.74) is 5.36. The van der Waals surface area contributed by atoms with Crippen LogP contribution in [0.15, 0.2) is 0 Å². The lowest BCUT2D eigenvalue weighted by Gasteiger charge is -2.05. The van der Waals surface area contributed by atoms with Crippen LogP contribution in [0.3, 0.4) is 0 Å². The maximum absolute atomic E-state index is 11.6. The monoisotopic (exact) mass is 352 g/mol. The maximum Gasteiger partial charge on any atom is 0.323 e. The highest BCUT2D eigenvalue weighted by atomic mass is 16.6. The second kappa shape index (κ2) is 11.6. The quantitative estimate of drug-likeness (QED) is 0.305. The van der Waals surface area contributed by atoms with Crippen molar-refractivity contribution in [3.63, 3.8) is 0 Å². The van der Waals surface area contributed by atoms with E-state index < -0.39 is 10.8 Å². The molecule has 0 aromatic carbocycles. The van der Waals surface area contributed by atoms with Crippen molar-refractivity contribution in [2.24, 2.45) is 5.73 Å². The van der Waals surface area contributed by atoms with E-state index in [1.54, 1.807) is 6.92 Å². The highest BCUT2D eigenvalue weighted by molar-refractivity contribution is 5.95. The molecule has 1 rings (SSSR count). The third kappa shape index (κ3) is 6.84. The Bertz CT molecular complexity index is 555. The summed E-state index contributed by atoms with van der Waals surface area (Å²) in [6.07, 6.45) is 12.5. The highest BCUT2D eigenvalue weighted by Crippen LogP contribution is 2.24. The summed E-state index contributed by atoms with van der Waals surface area (Å²) >= 11 is 0. The Morgan fingerprint density at radius 3 is 2.00 bits per heavy atom. The molecule has 7 nitrogen and oxygen atoms in total. The molecule has 0 unspecified atom stereocenters. The Morgan fingerprint density at radius 1 is 1.04 bits per heavy atom.